The van der Waals surface area contributed by atoms with Gasteiger partial charge in [-0.05, 0) is 74.0 Å². The maximum Gasteiger partial charge on any atom is 0.255 e. The summed E-state index contributed by atoms with van der Waals surface area (Å²) < 4.78 is 40.7. The first-order chi connectivity index (χ1) is 21.0. The van der Waals surface area contributed by atoms with Gasteiger partial charge in [-0.2, -0.15) is 4.98 Å². The van der Waals surface area contributed by atoms with Crippen LogP contribution in [0.4, 0.5) is 10.1 Å². The fraction of sp³-hybridized carbons (Fsp3) is 0.182. The van der Waals surface area contributed by atoms with Crippen molar-refractivity contribution >= 4 is 44.8 Å². The molecule has 9 nitrogen and oxygen atoms in total. The molecule has 0 saturated heterocycles. The maximum absolute atomic E-state index is 13.8. The number of furan rings is 1. The number of rotatable bonds is 8. The average Bonchev–Trinajstić information content (AvgIpc) is 3.60. The van der Waals surface area contributed by atoms with Crippen molar-refractivity contribution in [2.45, 2.75) is 19.4 Å². The van der Waals surface area contributed by atoms with E-state index in [0.29, 0.717) is 56.0 Å². The molecule has 0 bridgehead atoms. The zero-order valence-electron chi connectivity index (χ0n) is 24.4. The molecular formula is C33H29FN4O5S. The molecule has 224 valence electrons. The van der Waals surface area contributed by atoms with Crippen molar-refractivity contribution in [3.05, 3.63) is 90.4 Å². The van der Waals surface area contributed by atoms with Crippen LogP contribution in [-0.2, 0) is 11.0 Å². The highest BCUT2D eigenvalue weighted by Crippen LogP contribution is 2.42. The second kappa shape index (κ2) is 11.3. The van der Waals surface area contributed by atoms with Crippen LogP contribution >= 0.6 is 0 Å². The Balaban J connectivity index is 1.62. The first kappa shape index (κ1) is 29.2. The molecule has 1 amide bonds. The summed E-state index contributed by atoms with van der Waals surface area (Å²) in [7, 11) is -0.0330. The Kier molecular flexibility index (Phi) is 7.52. The number of carbonyl (C=O) groups is 1. The summed E-state index contributed by atoms with van der Waals surface area (Å²) in [4.78, 5) is 22.1. The molecule has 1 atom stereocenters. The number of carbonyl (C=O) groups excluding carboxylic acids is 1. The van der Waals surface area contributed by atoms with E-state index in [1.807, 2.05) is 30.3 Å². The number of oxazole rings is 1. The van der Waals surface area contributed by atoms with Crippen LogP contribution in [-0.4, -0.2) is 50.6 Å². The van der Waals surface area contributed by atoms with Gasteiger partial charge in [0, 0.05) is 47.6 Å². The highest BCUT2D eigenvalue weighted by molar-refractivity contribution is 7.85. The predicted octanol–water partition coefficient (Wildman–Crippen LogP) is 6.34. The van der Waals surface area contributed by atoms with E-state index in [1.54, 1.807) is 54.7 Å². The molecule has 1 unspecified atom stereocenters. The molecular weight excluding hydrogens is 583 g/mol. The molecule has 44 heavy (non-hydrogen) atoms. The zero-order valence-corrected chi connectivity index (χ0v) is 25.2. The monoisotopic (exact) mass is 612 g/mol. The number of hydrogen-bond donors (Lipinski definition) is 2. The summed E-state index contributed by atoms with van der Waals surface area (Å²) in [6.07, 6.45) is 3.17. The SMILES string of the molecule is CNC(=O)c1c(-c2ccc(F)cc2)oc2cc(N(CC(C)(C)O)S(C)=O)c(-c3cccc(-c4nc5ncccc5o4)c3)cc12. The lowest BCUT2D eigenvalue weighted by Crippen LogP contribution is -2.39. The molecule has 11 heteroatoms. The number of aromatic nitrogens is 2. The number of anilines is 1. The number of nitrogens with one attached hydrogen (secondary N) is 1. The lowest BCUT2D eigenvalue weighted by atomic mass is 9.97. The molecule has 0 aliphatic heterocycles. The van der Waals surface area contributed by atoms with Crippen molar-refractivity contribution in [3.63, 3.8) is 0 Å². The Labute approximate surface area is 254 Å². The van der Waals surface area contributed by atoms with Crippen LogP contribution in [0.1, 0.15) is 24.2 Å². The van der Waals surface area contributed by atoms with Gasteiger partial charge in [0.2, 0.25) is 5.89 Å². The van der Waals surface area contributed by atoms with Gasteiger partial charge in [-0.1, -0.05) is 12.1 Å². The molecule has 6 aromatic rings. The number of amides is 1. The van der Waals surface area contributed by atoms with Crippen LogP contribution in [0.3, 0.4) is 0 Å². The Morgan fingerprint density at radius 1 is 1.00 bits per heavy atom. The minimum absolute atomic E-state index is 0.0406. The van der Waals surface area contributed by atoms with E-state index in [-0.39, 0.29) is 23.8 Å². The highest BCUT2D eigenvalue weighted by atomic mass is 32.2. The summed E-state index contributed by atoms with van der Waals surface area (Å²) in [5, 5.41) is 13.9. The molecule has 3 heterocycles. The first-order valence-corrected chi connectivity index (χ1v) is 15.3. The molecule has 0 fully saturated rings. The molecule has 0 radical (unpaired) electrons. The summed E-state index contributed by atoms with van der Waals surface area (Å²) in [5.74, 6) is -0.162. The number of aliphatic hydroxyl groups is 1. The molecule has 0 aliphatic carbocycles. The second-order valence-corrected chi connectivity index (χ2v) is 12.2. The van der Waals surface area contributed by atoms with Crippen LogP contribution in [0.15, 0.2) is 87.8 Å². The van der Waals surface area contributed by atoms with E-state index in [0.717, 1.165) is 0 Å². The Morgan fingerprint density at radius 2 is 1.75 bits per heavy atom. The quantitative estimate of drug-likeness (QED) is 0.206. The third-order valence-corrected chi connectivity index (χ3v) is 8.01. The van der Waals surface area contributed by atoms with Crippen molar-refractivity contribution in [2.75, 3.05) is 24.2 Å². The van der Waals surface area contributed by atoms with Gasteiger partial charge in [-0.25, -0.2) is 13.6 Å². The molecule has 0 saturated carbocycles. The van der Waals surface area contributed by atoms with Gasteiger partial charge in [-0.3, -0.25) is 9.10 Å². The molecule has 2 N–H and O–H groups in total. The van der Waals surface area contributed by atoms with Crippen molar-refractivity contribution in [2.24, 2.45) is 0 Å². The summed E-state index contributed by atoms with van der Waals surface area (Å²) in [5.41, 5.74) is 3.53. The third kappa shape index (κ3) is 5.59. The van der Waals surface area contributed by atoms with E-state index in [1.165, 1.54) is 25.4 Å². The van der Waals surface area contributed by atoms with Gasteiger partial charge in [0.15, 0.2) is 11.2 Å². The van der Waals surface area contributed by atoms with E-state index >= 15 is 0 Å². The molecule has 0 spiro atoms. The number of benzene rings is 3. The number of fused-ring (bicyclic) bond motifs is 2. The lowest BCUT2D eigenvalue weighted by Gasteiger charge is -2.30. The van der Waals surface area contributed by atoms with E-state index in [4.69, 9.17) is 8.83 Å². The summed E-state index contributed by atoms with van der Waals surface area (Å²) in [6, 6.07) is 20.2. The topological polar surface area (TPSA) is 122 Å². The fourth-order valence-electron chi connectivity index (χ4n) is 5.10. The third-order valence-electron chi connectivity index (χ3n) is 7.06. The molecule has 3 aromatic carbocycles. The largest absolute Gasteiger partial charge is 0.455 e. The minimum Gasteiger partial charge on any atom is -0.455 e. The van der Waals surface area contributed by atoms with Crippen LogP contribution in [0.5, 0.6) is 0 Å². The highest BCUT2D eigenvalue weighted by Gasteiger charge is 2.28. The summed E-state index contributed by atoms with van der Waals surface area (Å²) in [6.45, 7) is 3.31. The van der Waals surface area contributed by atoms with Crippen LogP contribution < -0.4 is 9.62 Å². The smallest absolute Gasteiger partial charge is 0.255 e. The number of hydrogen-bond acceptors (Lipinski definition) is 7. The van der Waals surface area contributed by atoms with E-state index < -0.39 is 22.4 Å². The number of nitrogens with zero attached hydrogens (tertiary/aromatic N) is 3. The van der Waals surface area contributed by atoms with E-state index in [9.17, 15) is 18.5 Å². The van der Waals surface area contributed by atoms with Gasteiger partial charge >= 0.3 is 0 Å². The van der Waals surface area contributed by atoms with Gasteiger partial charge in [0.05, 0.1) is 23.4 Å². The normalized spacial score (nSPS) is 12.5. The van der Waals surface area contributed by atoms with Crippen molar-refractivity contribution < 1.29 is 27.3 Å². The zero-order chi connectivity index (χ0) is 31.2. The Morgan fingerprint density at radius 3 is 2.43 bits per heavy atom. The minimum atomic E-state index is -1.56. The van der Waals surface area contributed by atoms with E-state index in [2.05, 4.69) is 15.3 Å². The number of pyridine rings is 1. The van der Waals surface area contributed by atoms with Crippen molar-refractivity contribution in [1.29, 1.82) is 0 Å². The van der Waals surface area contributed by atoms with Crippen LogP contribution in [0, 0.1) is 5.82 Å². The Hall–Kier alpha value is -4.87. The number of halogens is 1. The van der Waals surface area contributed by atoms with Gasteiger partial charge in [0.1, 0.15) is 28.1 Å². The van der Waals surface area contributed by atoms with Gasteiger partial charge in [0.25, 0.3) is 5.91 Å². The molecule has 6 rings (SSSR count). The van der Waals surface area contributed by atoms with Gasteiger partial charge in [-0.15, -0.1) is 0 Å². The van der Waals surface area contributed by atoms with Crippen LogP contribution in [0.25, 0.3) is 56.1 Å². The first-order valence-electron chi connectivity index (χ1n) is 13.8. The maximum atomic E-state index is 13.8. The van der Waals surface area contributed by atoms with Crippen molar-refractivity contribution in [3.8, 4) is 33.9 Å². The fourth-order valence-corrected chi connectivity index (χ4v) is 6.03. The molecule has 3 aromatic heterocycles. The summed E-state index contributed by atoms with van der Waals surface area (Å²) >= 11 is 0. The Bertz CT molecular complexity index is 2010. The van der Waals surface area contributed by atoms with Gasteiger partial charge < -0.3 is 19.3 Å². The second-order valence-electron chi connectivity index (χ2n) is 11.0. The van der Waals surface area contributed by atoms with Crippen molar-refractivity contribution in [1.82, 2.24) is 15.3 Å². The predicted molar refractivity (Wildman–Crippen MR) is 169 cm³/mol. The standard InChI is InChI=1S/C33H29FN4O5S/c1-33(2,40)18-38(44(4)41)25-17-27-24(28(31(39)35-3)29(42-27)19-10-12-22(34)13-11-19)16-23(25)20-7-5-8-21(15-20)32-37-30-26(43-32)9-6-14-36-30/h5-17,40H,18H2,1-4H3,(H,35,39). The molecule has 0 aliphatic rings. The average molecular weight is 613 g/mol. The lowest BCUT2D eigenvalue weighted by molar-refractivity contribution is 0.0911. The van der Waals surface area contributed by atoms with Crippen LogP contribution in [0.2, 0.25) is 0 Å².